The lowest BCUT2D eigenvalue weighted by Gasteiger charge is -2.25. The molecule has 0 bridgehead atoms. The zero-order valence-corrected chi connectivity index (χ0v) is 23.5. The van der Waals surface area contributed by atoms with Crippen LogP contribution >= 0.6 is 11.3 Å². The van der Waals surface area contributed by atoms with E-state index in [-0.39, 0.29) is 18.3 Å². The van der Waals surface area contributed by atoms with E-state index in [1.54, 1.807) is 49.8 Å². The molecular formula is C30H32N2O6S. The molecule has 2 aromatic carbocycles. The molecular weight excluding hydrogens is 516 g/mol. The van der Waals surface area contributed by atoms with Crippen molar-refractivity contribution in [3.63, 3.8) is 0 Å². The van der Waals surface area contributed by atoms with E-state index in [0.717, 1.165) is 11.1 Å². The van der Waals surface area contributed by atoms with Crippen molar-refractivity contribution in [3.8, 4) is 17.2 Å². The van der Waals surface area contributed by atoms with Gasteiger partial charge in [-0.25, -0.2) is 9.79 Å². The fourth-order valence-electron chi connectivity index (χ4n) is 4.30. The van der Waals surface area contributed by atoms with Gasteiger partial charge in [-0.2, -0.15) is 0 Å². The lowest BCUT2D eigenvalue weighted by Crippen LogP contribution is -2.39. The molecule has 0 spiro atoms. The number of hydrogen-bond acceptors (Lipinski definition) is 8. The summed E-state index contributed by atoms with van der Waals surface area (Å²) in [4.78, 5) is 32.0. The van der Waals surface area contributed by atoms with Crippen LogP contribution in [-0.4, -0.2) is 37.0 Å². The SMILES string of the molecule is C=CCOc1ccc(/C=c2\sc3n(c2=O)[C@@H](c2ccc(OC(C)C)cc2)C(C(=O)OCC)=C(C)N=3)cc1OC. The van der Waals surface area contributed by atoms with E-state index in [4.69, 9.17) is 18.9 Å². The van der Waals surface area contributed by atoms with Gasteiger partial charge in [0.1, 0.15) is 12.4 Å². The van der Waals surface area contributed by atoms with Gasteiger partial charge in [0.15, 0.2) is 16.3 Å². The Hall–Kier alpha value is -4.11. The number of thiazole rings is 1. The molecule has 0 saturated carbocycles. The first kappa shape index (κ1) is 27.9. The molecule has 1 aliphatic heterocycles. The van der Waals surface area contributed by atoms with Gasteiger partial charge in [0.25, 0.3) is 5.56 Å². The summed E-state index contributed by atoms with van der Waals surface area (Å²) in [5.74, 6) is 1.32. The smallest absolute Gasteiger partial charge is 0.338 e. The van der Waals surface area contributed by atoms with Crippen LogP contribution in [0.15, 0.2) is 76.2 Å². The van der Waals surface area contributed by atoms with E-state index in [2.05, 4.69) is 11.6 Å². The summed E-state index contributed by atoms with van der Waals surface area (Å²) in [7, 11) is 1.56. The number of carbonyl (C=O) groups excluding carboxylic acids is 1. The molecule has 204 valence electrons. The molecule has 1 aromatic heterocycles. The van der Waals surface area contributed by atoms with Crippen molar-refractivity contribution < 1.29 is 23.7 Å². The molecule has 39 heavy (non-hydrogen) atoms. The minimum atomic E-state index is -0.695. The maximum Gasteiger partial charge on any atom is 0.338 e. The van der Waals surface area contributed by atoms with E-state index in [0.29, 0.717) is 44.5 Å². The quantitative estimate of drug-likeness (QED) is 0.279. The Balaban J connectivity index is 1.84. The minimum absolute atomic E-state index is 0.0204. The Labute approximate surface area is 231 Å². The Morgan fingerprint density at radius 3 is 2.56 bits per heavy atom. The van der Waals surface area contributed by atoms with E-state index >= 15 is 0 Å². The van der Waals surface area contributed by atoms with Crippen molar-refractivity contribution in [2.45, 2.75) is 39.8 Å². The average molecular weight is 549 g/mol. The molecule has 0 aliphatic carbocycles. The second kappa shape index (κ2) is 12.2. The predicted molar refractivity (Wildman–Crippen MR) is 151 cm³/mol. The first-order chi connectivity index (χ1) is 18.8. The zero-order valence-electron chi connectivity index (χ0n) is 22.7. The number of allylic oxidation sites excluding steroid dienone is 1. The molecule has 0 N–H and O–H groups in total. The van der Waals surface area contributed by atoms with Gasteiger partial charge < -0.3 is 18.9 Å². The number of esters is 1. The highest BCUT2D eigenvalue weighted by Crippen LogP contribution is 2.32. The van der Waals surface area contributed by atoms with Crippen LogP contribution in [0.4, 0.5) is 0 Å². The molecule has 9 heteroatoms. The number of carbonyl (C=O) groups is 1. The van der Waals surface area contributed by atoms with Crippen LogP contribution in [0.25, 0.3) is 6.08 Å². The predicted octanol–water partition coefficient (Wildman–Crippen LogP) is 4.16. The lowest BCUT2D eigenvalue weighted by atomic mass is 9.96. The molecule has 0 radical (unpaired) electrons. The van der Waals surface area contributed by atoms with Gasteiger partial charge >= 0.3 is 5.97 Å². The normalized spacial score (nSPS) is 15.0. The van der Waals surface area contributed by atoms with Gasteiger partial charge in [-0.1, -0.05) is 42.2 Å². The van der Waals surface area contributed by atoms with Gasteiger partial charge in [0.2, 0.25) is 0 Å². The van der Waals surface area contributed by atoms with Crippen molar-refractivity contribution >= 4 is 23.4 Å². The number of rotatable bonds is 10. The summed E-state index contributed by atoms with van der Waals surface area (Å²) in [6.45, 7) is 11.6. The van der Waals surface area contributed by atoms with E-state index in [1.807, 2.05) is 44.2 Å². The Bertz CT molecular complexity index is 1580. The number of aromatic nitrogens is 1. The first-order valence-corrected chi connectivity index (χ1v) is 13.5. The molecule has 3 aromatic rings. The van der Waals surface area contributed by atoms with Crippen LogP contribution in [0, 0.1) is 0 Å². The molecule has 0 saturated heterocycles. The number of hydrogen-bond donors (Lipinski definition) is 0. The standard InChI is InChI=1S/C30H32N2O6S/c1-7-15-37-23-14-9-20(16-24(23)35-6)17-25-28(33)32-27(21-10-12-22(13-11-21)38-18(3)4)26(29(34)36-8-2)19(5)31-30(32)39-25/h7,9-14,16-18,27H,1,8,15H2,2-6H3/b25-17-/t27-/m0/s1. The Morgan fingerprint density at radius 1 is 1.18 bits per heavy atom. The zero-order chi connectivity index (χ0) is 28.1. The summed E-state index contributed by atoms with van der Waals surface area (Å²) in [6, 6.07) is 12.2. The molecule has 1 aliphatic rings. The van der Waals surface area contributed by atoms with Gasteiger partial charge in [0.05, 0.1) is 41.7 Å². The van der Waals surface area contributed by atoms with Crippen LogP contribution in [0.2, 0.25) is 0 Å². The number of methoxy groups -OCH3 is 1. The lowest BCUT2D eigenvalue weighted by molar-refractivity contribution is -0.139. The van der Waals surface area contributed by atoms with Crippen molar-refractivity contribution in [1.29, 1.82) is 0 Å². The summed E-state index contributed by atoms with van der Waals surface area (Å²) in [6.07, 6.45) is 3.46. The van der Waals surface area contributed by atoms with E-state index < -0.39 is 12.0 Å². The van der Waals surface area contributed by atoms with E-state index in [9.17, 15) is 9.59 Å². The number of nitrogens with zero attached hydrogens (tertiary/aromatic N) is 2. The van der Waals surface area contributed by atoms with Crippen LogP contribution in [0.1, 0.15) is 44.9 Å². The average Bonchev–Trinajstić information content (AvgIpc) is 3.21. The topological polar surface area (TPSA) is 88.4 Å². The monoisotopic (exact) mass is 548 g/mol. The second-order valence-electron chi connectivity index (χ2n) is 9.05. The molecule has 0 fully saturated rings. The second-order valence-corrected chi connectivity index (χ2v) is 10.1. The van der Waals surface area contributed by atoms with Crippen molar-refractivity contribution in [2.24, 2.45) is 4.99 Å². The number of ether oxygens (including phenoxy) is 4. The van der Waals surface area contributed by atoms with Crippen LogP contribution < -0.4 is 29.1 Å². The number of fused-ring (bicyclic) bond motifs is 1. The summed E-state index contributed by atoms with van der Waals surface area (Å²) >= 11 is 1.26. The Kier molecular flexibility index (Phi) is 8.71. The summed E-state index contributed by atoms with van der Waals surface area (Å²) in [5.41, 5.74) is 2.10. The Morgan fingerprint density at radius 2 is 1.92 bits per heavy atom. The van der Waals surface area contributed by atoms with Crippen molar-refractivity contribution in [3.05, 3.63) is 97.2 Å². The maximum atomic E-state index is 13.8. The third kappa shape index (κ3) is 5.98. The van der Waals surface area contributed by atoms with Crippen molar-refractivity contribution in [1.82, 2.24) is 4.57 Å². The van der Waals surface area contributed by atoms with E-state index in [1.165, 1.54) is 11.3 Å². The van der Waals surface area contributed by atoms with Crippen LogP contribution in [-0.2, 0) is 9.53 Å². The summed E-state index contributed by atoms with van der Waals surface area (Å²) < 4.78 is 24.3. The van der Waals surface area contributed by atoms with Gasteiger partial charge in [0, 0.05) is 0 Å². The summed E-state index contributed by atoms with van der Waals surface area (Å²) in [5, 5.41) is 0. The van der Waals surface area contributed by atoms with Gasteiger partial charge in [-0.05, 0) is 69.2 Å². The molecule has 1 atom stereocenters. The third-order valence-electron chi connectivity index (χ3n) is 5.93. The van der Waals surface area contributed by atoms with Crippen molar-refractivity contribution in [2.75, 3.05) is 20.3 Å². The fraction of sp³-hybridized carbons (Fsp3) is 0.300. The molecule has 0 amide bonds. The first-order valence-electron chi connectivity index (χ1n) is 12.6. The van der Waals surface area contributed by atoms with Crippen LogP contribution in [0.3, 0.4) is 0 Å². The maximum absolute atomic E-state index is 13.8. The highest BCUT2D eigenvalue weighted by atomic mass is 32.1. The largest absolute Gasteiger partial charge is 0.493 e. The van der Waals surface area contributed by atoms with Crippen LogP contribution in [0.5, 0.6) is 17.2 Å². The third-order valence-corrected chi connectivity index (χ3v) is 6.91. The molecule has 0 unspecified atom stereocenters. The van der Waals surface area contributed by atoms with Gasteiger partial charge in [-0.3, -0.25) is 9.36 Å². The highest BCUT2D eigenvalue weighted by molar-refractivity contribution is 7.07. The van der Waals surface area contributed by atoms with Gasteiger partial charge in [-0.15, -0.1) is 0 Å². The molecule has 8 nitrogen and oxygen atoms in total. The fourth-order valence-corrected chi connectivity index (χ4v) is 5.35. The number of benzene rings is 2. The highest BCUT2D eigenvalue weighted by Gasteiger charge is 2.33. The minimum Gasteiger partial charge on any atom is -0.493 e. The molecule has 4 rings (SSSR count). The molecule has 2 heterocycles.